The van der Waals surface area contributed by atoms with Gasteiger partial charge in [0, 0.05) is 12.0 Å². The van der Waals surface area contributed by atoms with Crippen LogP contribution in [-0.2, 0) is 19.0 Å². The summed E-state index contributed by atoms with van der Waals surface area (Å²) in [5, 5.41) is 3.30. The Kier molecular flexibility index (Phi) is 2.47. The van der Waals surface area contributed by atoms with Crippen LogP contribution in [0.5, 0.6) is 0 Å². The van der Waals surface area contributed by atoms with Gasteiger partial charge in [0.25, 0.3) is 0 Å². The predicted molar refractivity (Wildman–Crippen MR) is 59.3 cm³/mol. The van der Waals surface area contributed by atoms with Crippen LogP contribution in [0.4, 0.5) is 0 Å². The van der Waals surface area contributed by atoms with Crippen LogP contribution in [0, 0.1) is 5.92 Å². The number of nitrogens with one attached hydrogen (secondary N) is 1. The van der Waals surface area contributed by atoms with Crippen molar-refractivity contribution in [1.29, 1.82) is 0 Å². The molecule has 3 aliphatic rings. The van der Waals surface area contributed by atoms with E-state index in [4.69, 9.17) is 14.2 Å². The van der Waals surface area contributed by atoms with Gasteiger partial charge in [-0.3, -0.25) is 10.1 Å². The monoisotopic (exact) mass is 241 g/mol. The fourth-order valence-corrected chi connectivity index (χ4v) is 3.34. The highest BCUT2D eigenvalue weighted by atomic mass is 16.8. The Labute approximate surface area is 101 Å². The van der Waals surface area contributed by atoms with Crippen molar-refractivity contribution in [2.24, 2.45) is 5.92 Å². The summed E-state index contributed by atoms with van der Waals surface area (Å²) >= 11 is 0. The van der Waals surface area contributed by atoms with Crippen molar-refractivity contribution in [3.05, 3.63) is 0 Å². The van der Waals surface area contributed by atoms with Crippen LogP contribution in [0.1, 0.15) is 27.2 Å². The SMILES string of the molecule is CCOC(=O)C1NC2CC1C1OC(C)(C)OC21. The van der Waals surface area contributed by atoms with Gasteiger partial charge in [0.05, 0.1) is 12.7 Å². The Hall–Kier alpha value is -0.650. The second kappa shape index (κ2) is 3.67. The Morgan fingerprint density at radius 3 is 2.82 bits per heavy atom. The Bertz CT molecular complexity index is 343. The van der Waals surface area contributed by atoms with E-state index in [2.05, 4.69) is 5.32 Å². The highest BCUT2D eigenvalue weighted by molar-refractivity contribution is 5.77. The van der Waals surface area contributed by atoms with E-state index in [1.165, 1.54) is 0 Å². The fraction of sp³-hybridized carbons (Fsp3) is 0.917. The Morgan fingerprint density at radius 2 is 2.12 bits per heavy atom. The number of hydrogen-bond acceptors (Lipinski definition) is 5. The molecule has 5 nitrogen and oxygen atoms in total. The lowest BCUT2D eigenvalue weighted by Crippen LogP contribution is -2.53. The molecule has 2 bridgehead atoms. The maximum Gasteiger partial charge on any atom is 0.323 e. The predicted octanol–water partition coefficient (Wildman–Crippen LogP) is 0.430. The molecule has 0 spiro atoms. The fourth-order valence-electron chi connectivity index (χ4n) is 3.34. The third-order valence-electron chi connectivity index (χ3n) is 3.87. The van der Waals surface area contributed by atoms with Crippen LogP contribution in [0.3, 0.4) is 0 Å². The minimum Gasteiger partial charge on any atom is -0.465 e. The van der Waals surface area contributed by atoms with Gasteiger partial charge in [-0.25, -0.2) is 0 Å². The first-order valence-electron chi connectivity index (χ1n) is 6.30. The zero-order valence-corrected chi connectivity index (χ0v) is 10.4. The molecule has 1 N–H and O–H groups in total. The molecule has 17 heavy (non-hydrogen) atoms. The molecule has 0 amide bonds. The van der Waals surface area contributed by atoms with E-state index < -0.39 is 5.79 Å². The second-order valence-corrected chi connectivity index (χ2v) is 5.47. The van der Waals surface area contributed by atoms with Crippen molar-refractivity contribution < 1.29 is 19.0 Å². The van der Waals surface area contributed by atoms with E-state index in [9.17, 15) is 4.79 Å². The molecule has 2 saturated heterocycles. The van der Waals surface area contributed by atoms with E-state index in [1.54, 1.807) is 0 Å². The van der Waals surface area contributed by atoms with Crippen molar-refractivity contribution in [2.45, 2.75) is 57.3 Å². The lowest BCUT2D eigenvalue weighted by molar-refractivity contribution is -0.158. The third kappa shape index (κ3) is 1.68. The lowest BCUT2D eigenvalue weighted by Gasteiger charge is -2.28. The summed E-state index contributed by atoms with van der Waals surface area (Å²) in [6, 6.07) is -0.000110. The number of esters is 1. The molecule has 5 atom stereocenters. The van der Waals surface area contributed by atoms with Crippen LogP contribution in [0.25, 0.3) is 0 Å². The van der Waals surface area contributed by atoms with E-state index in [-0.39, 0.29) is 36.2 Å². The van der Waals surface area contributed by atoms with Crippen LogP contribution in [0.2, 0.25) is 0 Å². The number of ether oxygens (including phenoxy) is 3. The molecular weight excluding hydrogens is 222 g/mol. The topological polar surface area (TPSA) is 56.8 Å². The Balaban J connectivity index is 1.74. The third-order valence-corrected chi connectivity index (χ3v) is 3.87. The van der Waals surface area contributed by atoms with Gasteiger partial charge in [-0.05, 0) is 27.2 Å². The second-order valence-electron chi connectivity index (χ2n) is 5.47. The molecule has 96 valence electrons. The van der Waals surface area contributed by atoms with Gasteiger partial charge in [0.15, 0.2) is 5.79 Å². The Morgan fingerprint density at radius 1 is 1.41 bits per heavy atom. The van der Waals surface area contributed by atoms with Crippen LogP contribution < -0.4 is 5.32 Å². The zero-order valence-electron chi connectivity index (χ0n) is 10.4. The van der Waals surface area contributed by atoms with Gasteiger partial charge in [-0.15, -0.1) is 0 Å². The van der Waals surface area contributed by atoms with Crippen LogP contribution >= 0.6 is 0 Å². The summed E-state index contributed by atoms with van der Waals surface area (Å²) in [7, 11) is 0. The van der Waals surface area contributed by atoms with Crippen molar-refractivity contribution in [2.75, 3.05) is 6.61 Å². The molecule has 0 aromatic carbocycles. The molecule has 3 fully saturated rings. The summed E-state index contributed by atoms with van der Waals surface area (Å²) in [6.45, 7) is 6.09. The molecule has 1 aliphatic carbocycles. The zero-order chi connectivity index (χ0) is 12.2. The number of hydrogen-bond donors (Lipinski definition) is 1. The van der Waals surface area contributed by atoms with E-state index in [0.717, 1.165) is 6.42 Å². The number of piperidine rings is 1. The number of carbonyl (C=O) groups is 1. The number of rotatable bonds is 2. The summed E-state index contributed by atoms with van der Waals surface area (Å²) in [4.78, 5) is 11.8. The molecule has 5 heteroatoms. The highest BCUT2D eigenvalue weighted by Crippen LogP contribution is 2.46. The molecule has 2 heterocycles. The quantitative estimate of drug-likeness (QED) is 0.710. The average Bonchev–Trinajstić information content (AvgIpc) is 2.85. The van der Waals surface area contributed by atoms with Crippen LogP contribution in [0.15, 0.2) is 0 Å². The molecule has 0 radical (unpaired) electrons. The summed E-state index contributed by atoms with van der Waals surface area (Å²) in [5.74, 6) is -0.505. The highest BCUT2D eigenvalue weighted by Gasteiger charge is 2.61. The molecule has 0 aromatic heterocycles. The number of fused-ring (bicyclic) bond motifs is 5. The molecule has 2 aliphatic heterocycles. The molecule has 1 saturated carbocycles. The average molecular weight is 241 g/mol. The van der Waals surface area contributed by atoms with Gasteiger partial charge in [0.1, 0.15) is 12.1 Å². The maximum atomic E-state index is 11.8. The summed E-state index contributed by atoms with van der Waals surface area (Å²) < 4.78 is 16.8. The minimum atomic E-state index is -0.530. The number of carbonyl (C=O) groups excluding carboxylic acids is 1. The van der Waals surface area contributed by atoms with Gasteiger partial charge in [0.2, 0.25) is 0 Å². The normalized spacial score (nSPS) is 45.9. The summed E-state index contributed by atoms with van der Waals surface area (Å²) in [6.07, 6.45) is 1.06. The minimum absolute atomic E-state index is 0.0330. The van der Waals surface area contributed by atoms with Crippen molar-refractivity contribution in [3.8, 4) is 0 Å². The van der Waals surface area contributed by atoms with Crippen molar-refractivity contribution >= 4 is 5.97 Å². The molecule has 3 rings (SSSR count). The molecular formula is C12H19NO4. The van der Waals surface area contributed by atoms with Crippen molar-refractivity contribution in [1.82, 2.24) is 5.32 Å². The van der Waals surface area contributed by atoms with E-state index >= 15 is 0 Å². The van der Waals surface area contributed by atoms with Gasteiger partial charge in [-0.2, -0.15) is 0 Å². The van der Waals surface area contributed by atoms with E-state index in [0.29, 0.717) is 6.61 Å². The smallest absolute Gasteiger partial charge is 0.323 e. The largest absolute Gasteiger partial charge is 0.465 e. The standard InChI is InChI=1S/C12H19NO4/c1-4-15-11(14)8-6-5-7(13-8)10-9(6)16-12(2,3)17-10/h6-10,13H,4-5H2,1-3H3. The van der Waals surface area contributed by atoms with Crippen molar-refractivity contribution in [3.63, 3.8) is 0 Å². The first-order valence-corrected chi connectivity index (χ1v) is 6.30. The molecule has 5 unspecified atom stereocenters. The van der Waals surface area contributed by atoms with Gasteiger partial charge >= 0.3 is 5.97 Å². The lowest BCUT2D eigenvalue weighted by atomic mass is 9.96. The van der Waals surface area contributed by atoms with Crippen LogP contribution in [-0.4, -0.2) is 42.7 Å². The molecule has 0 aromatic rings. The maximum absolute atomic E-state index is 11.8. The first-order chi connectivity index (χ1) is 8.02. The summed E-state index contributed by atoms with van der Waals surface area (Å²) in [5.41, 5.74) is 0. The van der Waals surface area contributed by atoms with Gasteiger partial charge in [-0.1, -0.05) is 0 Å². The van der Waals surface area contributed by atoms with E-state index in [1.807, 2.05) is 20.8 Å². The van der Waals surface area contributed by atoms with Gasteiger partial charge < -0.3 is 14.2 Å². The first kappa shape index (κ1) is 11.4.